The number of aromatic nitrogens is 2. The Kier molecular flexibility index (Phi) is 3.14. The number of nitrogens with zero attached hydrogens (tertiary/aromatic N) is 3. The predicted octanol–water partition coefficient (Wildman–Crippen LogP) is 1.34. The topological polar surface area (TPSA) is 64.2 Å². The first-order valence-electron chi connectivity index (χ1n) is 5.15. The lowest BCUT2D eigenvalue weighted by Gasteiger charge is -2.15. The highest BCUT2D eigenvalue weighted by molar-refractivity contribution is 7.09. The Labute approximate surface area is 103 Å². The van der Waals surface area contributed by atoms with Crippen molar-refractivity contribution in [2.24, 2.45) is 7.05 Å². The summed E-state index contributed by atoms with van der Waals surface area (Å²) in [5, 5.41) is 5.96. The van der Waals surface area contributed by atoms with Crippen molar-refractivity contribution in [2.75, 3.05) is 12.8 Å². The second kappa shape index (κ2) is 4.58. The molecule has 2 aromatic heterocycles. The highest BCUT2D eigenvalue weighted by Crippen LogP contribution is 2.15. The van der Waals surface area contributed by atoms with Crippen molar-refractivity contribution in [3.8, 4) is 0 Å². The lowest BCUT2D eigenvalue weighted by Crippen LogP contribution is -2.26. The Morgan fingerprint density at radius 1 is 1.65 bits per heavy atom. The van der Waals surface area contributed by atoms with Gasteiger partial charge in [-0.1, -0.05) is 6.07 Å². The van der Waals surface area contributed by atoms with Crippen LogP contribution in [0.4, 0.5) is 5.82 Å². The number of carbonyl (C=O) groups is 1. The predicted molar refractivity (Wildman–Crippen MR) is 67.7 cm³/mol. The van der Waals surface area contributed by atoms with Crippen LogP contribution in [0.15, 0.2) is 23.7 Å². The molecule has 0 aliphatic carbocycles. The summed E-state index contributed by atoms with van der Waals surface area (Å²) in [6.45, 7) is 0.588. The molecule has 0 unspecified atom stereocenters. The Hall–Kier alpha value is -1.82. The normalized spacial score (nSPS) is 10.5. The quantitative estimate of drug-likeness (QED) is 0.894. The maximum Gasteiger partial charge on any atom is 0.259 e. The number of carbonyl (C=O) groups excluding carboxylic acids is 1. The molecule has 0 aromatic carbocycles. The fourth-order valence-electron chi connectivity index (χ4n) is 1.53. The second-order valence-electron chi connectivity index (χ2n) is 3.81. The zero-order valence-electron chi connectivity index (χ0n) is 9.75. The van der Waals surface area contributed by atoms with Crippen LogP contribution < -0.4 is 5.73 Å². The number of nitrogen functional groups attached to an aromatic ring is 1. The van der Waals surface area contributed by atoms with E-state index in [2.05, 4.69) is 5.10 Å². The van der Waals surface area contributed by atoms with Crippen LogP contribution in [0, 0.1) is 0 Å². The number of anilines is 1. The molecule has 2 heterocycles. The van der Waals surface area contributed by atoms with Crippen molar-refractivity contribution in [3.05, 3.63) is 34.2 Å². The van der Waals surface area contributed by atoms with Gasteiger partial charge in [-0.25, -0.2) is 0 Å². The molecular formula is C11H14N4OS. The number of thiophene rings is 1. The summed E-state index contributed by atoms with van der Waals surface area (Å²) in [6, 6.07) is 3.97. The Morgan fingerprint density at radius 2 is 2.41 bits per heavy atom. The van der Waals surface area contributed by atoms with Gasteiger partial charge in [0.2, 0.25) is 0 Å². The molecule has 0 saturated heterocycles. The Morgan fingerprint density at radius 3 is 2.94 bits per heavy atom. The van der Waals surface area contributed by atoms with E-state index in [0.717, 1.165) is 4.88 Å². The minimum absolute atomic E-state index is 0.107. The van der Waals surface area contributed by atoms with Gasteiger partial charge in [0.25, 0.3) is 5.91 Å². The molecule has 0 radical (unpaired) electrons. The Bertz CT molecular complexity index is 518. The fourth-order valence-corrected chi connectivity index (χ4v) is 2.28. The monoisotopic (exact) mass is 250 g/mol. The summed E-state index contributed by atoms with van der Waals surface area (Å²) in [5.74, 6) is 0.289. The molecule has 17 heavy (non-hydrogen) atoms. The van der Waals surface area contributed by atoms with Gasteiger partial charge in [-0.2, -0.15) is 5.10 Å². The molecule has 5 nitrogen and oxygen atoms in total. The molecule has 0 spiro atoms. The van der Waals surface area contributed by atoms with Crippen molar-refractivity contribution in [1.29, 1.82) is 0 Å². The minimum Gasteiger partial charge on any atom is -0.383 e. The summed E-state index contributed by atoms with van der Waals surface area (Å²) in [7, 11) is 3.47. The van der Waals surface area contributed by atoms with Crippen molar-refractivity contribution in [2.45, 2.75) is 6.54 Å². The molecule has 1 amide bonds. The van der Waals surface area contributed by atoms with Gasteiger partial charge in [0.05, 0.1) is 12.7 Å². The summed E-state index contributed by atoms with van der Waals surface area (Å²) >= 11 is 1.63. The van der Waals surface area contributed by atoms with E-state index in [4.69, 9.17) is 5.73 Å². The van der Waals surface area contributed by atoms with Gasteiger partial charge in [-0.05, 0) is 11.4 Å². The van der Waals surface area contributed by atoms with Gasteiger partial charge in [0.1, 0.15) is 11.4 Å². The van der Waals surface area contributed by atoms with E-state index in [1.54, 1.807) is 30.3 Å². The Balaban J connectivity index is 2.12. The van der Waals surface area contributed by atoms with Crippen molar-refractivity contribution >= 4 is 23.1 Å². The zero-order chi connectivity index (χ0) is 12.4. The zero-order valence-corrected chi connectivity index (χ0v) is 10.6. The van der Waals surface area contributed by atoms with E-state index in [0.29, 0.717) is 17.9 Å². The average Bonchev–Trinajstić information content (AvgIpc) is 2.90. The minimum atomic E-state index is -0.107. The van der Waals surface area contributed by atoms with Crippen molar-refractivity contribution < 1.29 is 4.79 Å². The molecule has 2 N–H and O–H groups in total. The molecule has 6 heteroatoms. The van der Waals surface area contributed by atoms with Crippen LogP contribution in [-0.4, -0.2) is 27.6 Å². The van der Waals surface area contributed by atoms with Crippen molar-refractivity contribution in [3.63, 3.8) is 0 Å². The summed E-state index contributed by atoms with van der Waals surface area (Å²) < 4.78 is 1.49. The molecule has 0 saturated carbocycles. The maximum atomic E-state index is 12.1. The summed E-state index contributed by atoms with van der Waals surface area (Å²) in [6.07, 6.45) is 1.50. The number of nitrogens with two attached hydrogens (primary N) is 1. The molecule has 2 aromatic rings. The molecule has 2 rings (SSSR count). The van der Waals surface area contributed by atoms with Crippen LogP contribution in [0.2, 0.25) is 0 Å². The smallest absolute Gasteiger partial charge is 0.259 e. The van der Waals surface area contributed by atoms with Crippen molar-refractivity contribution in [1.82, 2.24) is 14.7 Å². The third-order valence-corrected chi connectivity index (χ3v) is 3.40. The molecular weight excluding hydrogens is 236 g/mol. The van der Waals surface area contributed by atoms with Crippen LogP contribution >= 0.6 is 11.3 Å². The largest absolute Gasteiger partial charge is 0.383 e. The third-order valence-electron chi connectivity index (χ3n) is 2.53. The molecule has 0 bridgehead atoms. The van der Waals surface area contributed by atoms with Gasteiger partial charge >= 0.3 is 0 Å². The van der Waals surface area contributed by atoms with Crippen LogP contribution in [0.1, 0.15) is 15.2 Å². The maximum absolute atomic E-state index is 12.1. The third kappa shape index (κ3) is 2.31. The van der Waals surface area contributed by atoms with E-state index in [-0.39, 0.29) is 5.91 Å². The van der Waals surface area contributed by atoms with E-state index >= 15 is 0 Å². The number of hydrogen-bond acceptors (Lipinski definition) is 4. The highest BCUT2D eigenvalue weighted by atomic mass is 32.1. The summed E-state index contributed by atoms with van der Waals surface area (Å²) in [4.78, 5) is 14.9. The molecule has 90 valence electrons. The number of hydrogen-bond donors (Lipinski definition) is 1. The summed E-state index contributed by atoms with van der Waals surface area (Å²) in [5.41, 5.74) is 6.22. The number of aryl methyl sites for hydroxylation is 1. The fraction of sp³-hybridized carbons (Fsp3) is 0.273. The molecule has 0 fully saturated rings. The van der Waals surface area contributed by atoms with Crippen LogP contribution in [0.3, 0.4) is 0 Å². The van der Waals surface area contributed by atoms with Gasteiger partial charge in [0, 0.05) is 19.0 Å². The number of rotatable bonds is 3. The van der Waals surface area contributed by atoms with Crippen LogP contribution in [-0.2, 0) is 13.6 Å². The highest BCUT2D eigenvalue weighted by Gasteiger charge is 2.18. The first-order chi connectivity index (χ1) is 8.09. The standard InChI is InChI=1S/C11H14N4OS/c1-14(7-8-4-3-5-17-8)11(16)9-6-13-15(2)10(9)12/h3-6H,7,12H2,1-2H3. The van der Waals surface area contributed by atoms with E-state index in [1.165, 1.54) is 10.9 Å². The van der Waals surface area contributed by atoms with E-state index in [1.807, 2.05) is 17.5 Å². The lowest BCUT2D eigenvalue weighted by atomic mass is 10.3. The number of amides is 1. The molecule has 0 aliphatic rings. The van der Waals surface area contributed by atoms with Gasteiger partial charge in [-0.3, -0.25) is 9.48 Å². The molecule has 0 atom stereocenters. The second-order valence-corrected chi connectivity index (χ2v) is 4.84. The average molecular weight is 250 g/mol. The first kappa shape index (κ1) is 11.7. The van der Waals surface area contributed by atoms with Crippen LogP contribution in [0.25, 0.3) is 0 Å². The van der Waals surface area contributed by atoms with Gasteiger partial charge in [0.15, 0.2) is 0 Å². The van der Waals surface area contributed by atoms with Crippen LogP contribution in [0.5, 0.6) is 0 Å². The van der Waals surface area contributed by atoms with Gasteiger partial charge < -0.3 is 10.6 Å². The van der Waals surface area contributed by atoms with E-state index < -0.39 is 0 Å². The van der Waals surface area contributed by atoms with Gasteiger partial charge in [-0.15, -0.1) is 11.3 Å². The SMILES string of the molecule is CN(Cc1cccs1)C(=O)c1cnn(C)c1N. The lowest BCUT2D eigenvalue weighted by molar-refractivity contribution is 0.0787. The van der Waals surface area contributed by atoms with E-state index in [9.17, 15) is 4.79 Å². The first-order valence-corrected chi connectivity index (χ1v) is 6.03. The molecule has 0 aliphatic heterocycles.